The molecule has 6 nitrogen and oxygen atoms in total. The molecule has 2 heterocycles. The molecule has 1 saturated carbocycles. The van der Waals surface area contributed by atoms with E-state index in [9.17, 15) is 18.7 Å². The van der Waals surface area contributed by atoms with Crippen molar-refractivity contribution < 1.29 is 23.4 Å². The van der Waals surface area contributed by atoms with Gasteiger partial charge in [-0.05, 0) is 25.0 Å². The number of halogens is 2. The van der Waals surface area contributed by atoms with Crippen molar-refractivity contribution in [3.63, 3.8) is 0 Å². The van der Waals surface area contributed by atoms with E-state index in [1.54, 1.807) is 12.4 Å². The molecule has 0 bridgehead atoms. The van der Waals surface area contributed by atoms with Crippen molar-refractivity contribution in [3.05, 3.63) is 47.9 Å². The van der Waals surface area contributed by atoms with Crippen LogP contribution in [-0.4, -0.2) is 40.2 Å². The molecule has 2 aliphatic rings. The highest BCUT2D eigenvalue weighted by molar-refractivity contribution is 5.84. The Morgan fingerprint density at radius 1 is 1.19 bits per heavy atom. The number of piperidine rings is 1. The molecule has 27 heavy (non-hydrogen) atoms. The van der Waals surface area contributed by atoms with E-state index in [1.807, 2.05) is 4.90 Å². The number of carboxylic acids is 1. The number of carbonyl (C=O) groups is 1. The van der Waals surface area contributed by atoms with Gasteiger partial charge in [0.05, 0.1) is 18.1 Å². The number of ether oxygens (including phenoxy) is 1. The number of hydrogen-bond acceptors (Lipinski definition) is 5. The second-order valence-corrected chi connectivity index (χ2v) is 7.03. The molecule has 1 N–H and O–H groups in total. The van der Waals surface area contributed by atoms with Crippen LogP contribution in [0.25, 0.3) is 0 Å². The summed E-state index contributed by atoms with van der Waals surface area (Å²) in [6, 6.07) is 3.29. The molecule has 8 heteroatoms. The lowest BCUT2D eigenvalue weighted by Gasteiger charge is -2.32. The first-order valence-corrected chi connectivity index (χ1v) is 8.90. The zero-order valence-corrected chi connectivity index (χ0v) is 14.6. The third-order valence-corrected chi connectivity index (χ3v) is 5.24. The molecule has 1 aliphatic heterocycles. The average molecular weight is 375 g/mol. The molecule has 0 atom stereocenters. The molecule has 0 unspecified atom stereocenters. The fourth-order valence-corrected chi connectivity index (χ4v) is 3.39. The highest BCUT2D eigenvalue weighted by atomic mass is 19.1. The topological polar surface area (TPSA) is 75.5 Å². The number of rotatable bonds is 5. The predicted octanol–water partition coefficient (Wildman–Crippen LogP) is 2.92. The van der Waals surface area contributed by atoms with Crippen LogP contribution in [0.3, 0.4) is 0 Å². The lowest BCUT2D eigenvalue weighted by atomic mass is 10.0. The van der Waals surface area contributed by atoms with Gasteiger partial charge in [-0.2, -0.15) is 0 Å². The minimum Gasteiger partial charge on any atom is -0.487 e. The maximum Gasteiger partial charge on any atom is 0.315 e. The predicted molar refractivity (Wildman–Crippen MR) is 92.8 cm³/mol. The lowest BCUT2D eigenvalue weighted by molar-refractivity contribution is -0.140. The van der Waals surface area contributed by atoms with Crippen molar-refractivity contribution in [2.45, 2.75) is 37.2 Å². The number of anilines is 1. The normalized spacial score (nSPS) is 19.0. The molecule has 0 amide bonds. The van der Waals surface area contributed by atoms with Crippen LogP contribution in [0.4, 0.5) is 14.6 Å². The quantitative estimate of drug-likeness (QED) is 0.866. The number of nitrogens with zero attached hydrogens (tertiary/aromatic N) is 3. The van der Waals surface area contributed by atoms with Crippen LogP contribution in [0.2, 0.25) is 0 Å². The molecule has 2 fully saturated rings. The van der Waals surface area contributed by atoms with Crippen LogP contribution in [0.1, 0.15) is 31.4 Å². The number of aromatic nitrogens is 2. The molecule has 142 valence electrons. The van der Waals surface area contributed by atoms with Gasteiger partial charge in [-0.1, -0.05) is 0 Å². The van der Waals surface area contributed by atoms with Gasteiger partial charge >= 0.3 is 5.97 Å². The molecule has 0 radical (unpaired) electrons. The Balaban J connectivity index is 1.36. The summed E-state index contributed by atoms with van der Waals surface area (Å²) in [5.74, 6) is -1.44. The summed E-state index contributed by atoms with van der Waals surface area (Å²) in [6.45, 7) is 1.32. The van der Waals surface area contributed by atoms with Crippen LogP contribution in [0.5, 0.6) is 5.75 Å². The monoisotopic (exact) mass is 375 g/mol. The standard InChI is InChI=1S/C19H19F2N3O3/c20-12-1-2-15(14(21)9-12)27-13-3-7-24(8-4-13)17-11-22-16(10-23-17)19(5-6-19)18(25)26/h1-2,9-11,13H,3-8H2,(H,25,26). The summed E-state index contributed by atoms with van der Waals surface area (Å²) in [6.07, 6.45) is 5.53. The van der Waals surface area contributed by atoms with Crippen molar-refractivity contribution in [2.24, 2.45) is 0 Å². The molecule has 1 aromatic heterocycles. The highest BCUT2D eigenvalue weighted by Gasteiger charge is 2.53. The van der Waals surface area contributed by atoms with Gasteiger partial charge in [-0.3, -0.25) is 9.78 Å². The smallest absolute Gasteiger partial charge is 0.315 e. The molecule has 2 aromatic rings. The molecular formula is C19H19F2N3O3. The van der Waals surface area contributed by atoms with Crippen molar-refractivity contribution in [3.8, 4) is 5.75 Å². The maximum atomic E-state index is 13.7. The molecular weight excluding hydrogens is 356 g/mol. The second-order valence-electron chi connectivity index (χ2n) is 7.03. The van der Waals surface area contributed by atoms with Crippen molar-refractivity contribution in [1.29, 1.82) is 0 Å². The van der Waals surface area contributed by atoms with E-state index >= 15 is 0 Å². The van der Waals surface area contributed by atoms with E-state index in [1.165, 1.54) is 12.1 Å². The van der Waals surface area contributed by atoms with Gasteiger partial charge in [0.15, 0.2) is 11.6 Å². The van der Waals surface area contributed by atoms with Crippen molar-refractivity contribution in [2.75, 3.05) is 18.0 Å². The van der Waals surface area contributed by atoms with Gasteiger partial charge in [0.2, 0.25) is 0 Å². The number of aliphatic carboxylic acids is 1. The first kappa shape index (κ1) is 17.6. The fraction of sp³-hybridized carbons (Fsp3) is 0.421. The fourth-order valence-electron chi connectivity index (χ4n) is 3.39. The van der Waals surface area contributed by atoms with Gasteiger partial charge in [-0.15, -0.1) is 0 Å². The van der Waals surface area contributed by atoms with Gasteiger partial charge in [0.25, 0.3) is 0 Å². The summed E-state index contributed by atoms with van der Waals surface area (Å²) >= 11 is 0. The van der Waals surface area contributed by atoms with Crippen LogP contribution >= 0.6 is 0 Å². The first-order valence-electron chi connectivity index (χ1n) is 8.90. The second kappa shape index (κ2) is 6.75. The number of benzene rings is 1. The minimum atomic E-state index is -0.856. The van der Waals surface area contributed by atoms with Crippen LogP contribution in [-0.2, 0) is 10.2 Å². The van der Waals surface area contributed by atoms with Gasteiger partial charge < -0.3 is 14.7 Å². The van der Waals surface area contributed by atoms with Gasteiger partial charge in [0.1, 0.15) is 23.2 Å². The Hall–Kier alpha value is -2.77. The number of carboxylic acid groups (broad SMARTS) is 1. The summed E-state index contributed by atoms with van der Waals surface area (Å²) < 4.78 is 32.3. The Kier molecular flexibility index (Phi) is 4.41. The van der Waals surface area contributed by atoms with E-state index < -0.39 is 23.0 Å². The minimum absolute atomic E-state index is 0.0578. The van der Waals surface area contributed by atoms with Crippen molar-refractivity contribution in [1.82, 2.24) is 9.97 Å². The molecule has 1 aromatic carbocycles. The lowest BCUT2D eigenvalue weighted by Crippen LogP contribution is -2.39. The summed E-state index contributed by atoms with van der Waals surface area (Å²) in [7, 11) is 0. The molecule has 0 spiro atoms. The SMILES string of the molecule is O=C(O)C1(c2cnc(N3CCC(Oc4ccc(F)cc4F)CC3)cn2)CC1. The number of hydrogen-bond donors (Lipinski definition) is 1. The highest BCUT2D eigenvalue weighted by Crippen LogP contribution is 2.47. The van der Waals surface area contributed by atoms with E-state index in [2.05, 4.69) is 9.97 Å². The maximum absolute atomic E-state index is 13.7. The first-order chi connectivity index (χ1) is 13.0. The van der Waals surface area contributed by atoms with Gasteiger partial charge in [0, 0.05) is 32.0 Å². The Morgan fingerprint density at radius 3 is 2.48 bits per heavy atom. The van der Waals surface area contributed by atoms with Crippen molar-refractivity contribution >= 4 is 11.8 Å². The zero-order chi connectivity index (χ0) is 19.0. The van der Waals surface area contributed by atoms with Crippen LogP contribution < -0.4 is 9.64 Å². The average Bonchev–Trinajstić information content (AvgIpc) is 3.47. The molecule has 1 aliphatic carbocycles. The Bertz CT molecular complexity index is 848. The zero-order valence-electron chi connectivity index (χ0n) is 14.6. The van der Waals surface area contributed by atoms with Crippen LogP contribution in [0, 0.1) is 11.6 Å². The molecule has 4 rings (SSSR count). The van der Waals surface area contributed by atoms with Crippen LogP contribution in [0.15, 0.2) is 30.6 Å². The third-order valence-electron chi connectivity index (χ3n) is 5.24. The summed E-state index contributed by atoms with van der Waals surface area (Å²) in [5, 5.41) is 9.32. The summed E-state index contributed by atoms with van der Waals surface area (Å²) in [4.78, 5) is 22.1. The van der Waals surface area contributed by atoms with E-state index in [4.69, 9.17) is 4.74 Å². The Labute approximate surface area is 154 Å². The Morgan fingerprint density at radius 2 is 1.93 bits per heavy atom. The summed E-state index contributed by atoms with van der Waals surface area (Å²) in [5.41, 5.74) is -0.352. The van der Waals surface area contributed by atoms with E-state index in [-0.39, 0.29) is 11.9 Å². The van der Waals surface area contributed by atoms with E-state index in [0.29, 0.717) is 50.3 Å². The molecule has 1 saturated heterocycles. The van der Waals surface area contributed by atoms with Gasteiger partial charge in [-0.25, -0.2) is 13.8 Å². The largest absolute Gasteiger partial charge is 0.487 e. The third kappa shape index (κ3) is 3.43. The van der Waals surface area contributed by atoms with E-state index in [0.717, 1.165) is 6.07 Å².